The lowest BCUT2D eigenvalue weighted by Gasteiger charge is -2.22. The van der Waals surface area contributed by atoms with Crippen LogP contribution in [0.3, 0.4) is 0 Å². The molecule has 1 fully saturated rings. The Kier molecular flexibility index (Phi) is 3.23. The maximum absolute atomic E-state index is 4.58. The van der Waals surface area contributed by atoms with E-state index in [1.807, 2.05) is 7.05 Å². The van der Waals surface area contributed by atoms with Crippen LogP contribution in [0.5, 0.6) is 0 Å². The van der Waals surface area contributed by atoms with Gasteiger partial charge in [-0.25, -0.2) is 0 Å². The summed E-state index contributed by atoms with van der Waals surface area (Å²) in [6.07, 6.45) is 7.21. The second kappa shape index (κ2) is 5.03. The topological polar surface area (TPSA) is 69.7 Å². The summed E-state index contributed by atoms with van der Waals surface area (Å²) >= 11 is 0. The van der Waals surface area contributed by atoms with Gasteiger partial charge in [0, 0.05) is 20.6 Å². The molecule has 0 aliphatic heterocycles. The van der Waals surface area contributed by atoms with Crippen LogP contribution < -0.4 is 10.2 Å². The zero-order chi connectivity index (χ0) is 13.2. The van der Waals surface area contributed by atoms with E-state index in [0.29, 0.717) is 5.95 Å². The average molecular weight is 260 g/mol. The second-order valence-electron chi connectivity index (χ2n) is 5.28. The molecule has 1 aliphatic carbocycles. The standard InChI is InChI=1S/C13H20N6/c1-14-13-16-11-10(7-15-18-11)12(17-13)19(2)8-9-5-3-4-6-9/h7,9H,3-6,8H2,1-2H3,(H2,14,15,16,17,18). The Balaban J connectivity index is 1.90. The number of aromatic nitrogens is 4. The number of fused-ring (bicyclic) bond motifs is 1. The van der Waals surface area contributed by atoms with E-state index in [-0.39, 0.29) is 0 Å². The molecule has 2 aromatic rings. The first-order valence-electron chi connectivity index (χ1n) is 6.88. The molecule has 0 amide bonds. The van der Waals surface area contributed by atoms with Crippen LogP contribution in [-0.2, 0) is 0 Å². The molecule has 2 N–H and O–H groups in total. The summed E-state index contributed by atoms with van der Waals surface area (Å²) in [7, 11) is 3.94. The third kappa shape index (κ3) is 2.34. The van der Waals surface area contributed by atoms with Gasteiger partial charge in [-0.05, 0) is 18.8 Å². The quantitative estimate of drug-likeness (QED) is 0.880. The SMILES string of the molecule is CNc1nc(N(C)CC2CCCC2)c2cn[nH]c2n1. The molecule has 3 rings (SSSR count). The molecule has 6 nitrogen and oxygen atoms in total. The summed E-state index contributed by atoms with van der Waals surface area (Å²) in [5.74, 6) is 2.37. The number of hydrogen-bond donors (Lipinski definition) is 2. The molecular formula is C13H20N6. The molecule has 0 atom stereocenters. The van der Waals surface area contributed by atoms with Crippen molar-refractivity contribution in [3.8, 4) is 0 Å². The van der Waals surface area contributed by atoms with E-state index in [9.17, 15) is 0 Å². The maximum atomic E-state index is 4.58. The predicted molar refractivity (Wildman–Crippen MR) is 76.5 cm³/mol. The molecule has 1 aliphatic rings. The Morgan fingerprint density at radius 3 is 2.89 bits per heavy atom. The maximum Gasteiger partial charge on any atom is 0.226 e. The van der Waals surface area contributed by atoms with Crippen LogP contribution in [0.1, 0.15) is 25.7 Å². The van der Waals surface area contributed by atoms with Gasteiger partial charge in [0.1, 0.15) is 5.82 Å². The lowest BCUT2D eigenvalue weighted by molar-refractivity contribution is 0.545. The van der Waals surface area contributed by atoms with Crippen molar-refractivity contribution in [3.63, 3.8) is 0 Å². The molecule has 1 saturated carbocycles. The van der Waals surface area contributed by atoms with Crippen LogP contribution in [0.25, 0.3) is 11.0 Å². The van der Waals surface area contributed by atoms with Crippen LogP contribution >= 0.6 is 0 Å². The molecule has 0 saturated heterocycles. The lowest BCUT2D eigenvalue weighted by Crippen LogP contribution is -2.25. The summed E-state index contributed by atoms with van der Waals surface area (Å²) < 4.78 is 0. The highest BCUT2D eigenvalue weighted by molar-refractivity contribution is 5.87. The normalized spacial score (nSPS) is 16.1. The molecule has 0 bridgehead atoms. The molecule has 2 aromatic heterocycles. The number of H-pyrrole nitrogens is 1. The van der Waals surface area contributed by atoms with Crippen molar-refractivity contribution in [1.29, 1.82) is 0 Å². The Morgan fingerprint density at radius 2 is 2.16 bits per heavy atom. The van der Waals surface area contributed by atoms with Crippen molar-refractivity contribution in [2.75, 3.05) is 30.9 Å². The first kappa shape index (κ1) is 12.2. The number of nitrogens with zero attached hydrogens (tertiary/aromatic N) is 4. The van der Waals surface area contributed by atoms with Gasteiger partial charge in [-0.2, -0.15) is 15.1 Å². The zero-order valence-electron chi connectivity index (χ0n) is 11.5. The molecular weight excluding hydrogens is 240 g/mol. The van der Waals surface area contributed by atoms with Crippen molar-refractivity contribution in [2.45, 2.75) is 25.7 Å². The molecule has 0 radical (unpaired) electrons. The van der Waals surface area contributed by atoms with Gasteiger partial charge < -0.3 is 10.2 Å². The minimum absolute atomic E-state index is 0.630. The molecule has 6 heteroatoms. The van der Waals surface area contributed by atoms with Crippen LogP contribution in [-0.4, -0.2) is 40.8 Å². The number of aromatic amines is 1. The molecule has 0 unspecified atom stereocenters. The van der Waals surface area contributed by atoms with Gasteiger partial charge in [0.05, 0.1) is 11.6 Å². The van der Waals surface area contributed by atoms with Gasteiger partial charge in [-0.3, -0.25) is 5.10 Å². The second-order valence-corrected chi connectivity index (χ2v) is 5.28. The highest BCUT2D eigenvalue weighted by Gasteiger charge is 2.19. The van der Waals surface area contributed by atoms with Gasteiger partial charge >= 0.3 is 0 Å². The minimum Gasteiger partial charge on any atom is -0.359 e. The first-order valence-corrected chi connectivity index (χ1v) is 6.88. The zero-order valence-corrected chi connectivity index (χ0v) is 11.5. The Morgan fingerprint density at radius 1 is 1.37 bits per heavy atom. The van der Waals surface area contributed by atoms with E-state index in [2.05, 4.69) is 37.4 Å². The van der Waals surface area contributed by atoms with E-state index in [0.717, 1.165) is 29.3 Å². The number of rotatable bonds is 4. The Hall–Kier alpha value is -1.85. The van der Waals surface area contributed by atoms with Crippen molar-refractivity contribution in [2.24, 2.45) is 5.92 Å². The van der Waals surface area contributed by atoms with E-state index in [1.165, 1.54) is 25.7 Å². The molecule has 0 spiro atoms. The van der Waals surface area contributed by atoms with Crippen LogP contribution in [0.15, 0.2) is 6.20 Å². The van der Waals surface area contributed by atoms with Crippen molar-refractivity contribution < 1.29 is 0 Å². The van der Waals surface area contributed by atoms with Crippen LogP contribution in [0.2, 0.25) is 0 Å². The monoisotopic (exact) mass is 260 g/mol. The molecule has 0 aromatic carbocycles. The molecule has 19 heavy (non-hydrogen) atoms. The third-order valence-corrected chi connectivity index (χ3v) is 3.88. The summed E-state index contributed by atoms with van der Waals surface area (Å²) in [5, 5.41) is 11.0. The fourth-order valence-corrected chi connectivity index (χ4v) is 2.89. The minimum atomic E-state index is 0.630. The smallest absolute Gasteiger partial charge is 0.226 e. The van der Waals surface area contributed by atoms with Gasteiger partial charge in [-0.15, -0.1) is 0 Å². The highest BCUT2D eigenvalue weighted by Crippen LogP contribution is 2.28. The van der Waals surface area contributed by atoms with E-state index in [1.54, 1.807) is 6.20 Å². The van der Waals surface area contributed by atoms with Crippen molar-refractivity contribution >= 4 is 22.8 Å². The van der Waals surface area contributed by atoms with E-state index >= 15 is 0 Å². The van der Waals surface area contributed by atoms with E-state index in [4.69, 9.17) is 0 Å². The number of anilines is 2. The molecule has 2 heterocycles. The van der Waals surface area contributed by atoms with Gasteiger partial charge in [0.25, 0.3) is 0 Å². The van der Waals surface area contributed by atoms with Crippen molar-refractivity contribution in [3.05, 3.63) is 6.20 Å². The largest absolute Gasteiger partial charge is 0.359 e. The lowest BCUT2D eigenvalue weighted by atomic mass is 10.1. The summed E-state index contributed by atoms with van der Waals surface area (Å²) in [6.45, 7) is 1.06. The fraction of sp³-hybridized carbons (Fsp3) is 0.615. The molecule has 102 valence electrons. The number of hydrogen-bond acceptors (Lipinski definition) is 5. The van der Waals surface area contributed by atoms with Gasteiger partial charge in [-0.1, -0.05) is 12.8 Å². The Labute approximate surface area is 112 Å². The third-order valence-electron chi connectivity index (χ3n) is 3.88. The highest BCUT2D eigenvalue weighted by atomic mass is 15.2. The Bertz CT molecular complexity index is 557. The summed E-state index contributed by atoms with van der Waals surface area (Å²) in [5.41, 5.74) is 0.785. The predicted octanol–water partition coefficient (Wildman–Crippen LogP) is 2.02. The van der Waals surface area contributed by atoms with E-state index < -0.39 is 0 Å². The number of nitrogens with one attached hydrogen (secondary N) is 2. The fourth-order valence-electron chi connectivity index (χ4n) is 2.89. The van der Waals surface area contributed by atoms with Crippen LogP contribution in [0.4, 0.5) is 11.8 Å². The summed E-state index contributed by atoms with van der Waals surface area (Å²) in [6, 6.07) is 0. The summed E-state index contributed by atoms with van der Waals surface area (Å²) in [4.78, 5) is 11.2. The van der Waals surface area contributed by atoms with Crippen molar-refractivity contribution in [1.82, 2.24) is 20.2 Å². The van der Waals surface area contributed by atoms with Crippen LogP contribution in [0, 0.1) is 5.92 Å². The average Bonchev–Trinajstić information content (AvgIpc) is 3.07. The van der Waals surface area contributed by atoms with Gasteiger partial charge in [0.2, 0.25) is 5.95 Å². The van der Waals surface area contributed by atoms with Gasteiger partial charge in [0.15, 0.2) is 5.65 Å². The first-order chi connectivity index (χ1) is 9.28.